The number of nitrogens with zero attached hydrogens (tertiary/aromatic N) is 3. The van der Waals surface area contributed by atoms with Gasteiger partial charge in [0.15, 0.2) is 0 Å². The average Bonchev–Trinajstić information content (AvgIpc) is 3.05. The highest BCUT2D eigenvalue weighted by Gasteiger charge is 2.19. The van der Waals surface area contributed by atoms with Gasteiger partial charge >= 0.3 is 0 Å². The van der Waals surface area contributed by atoms with Crippen LogP contribution in [0, 0.1) is 0 Å². The first-order valence-corrected chi connectivity index (χ1v) is 6.73. The molecule has 1 aliphatic rings. The predicted octanol–water partition coefficient (Wildman–Crippen LogP) is 3.42. The molecule has 1 saturated carbocycles. The normalized spacial score (nSPS) is 17.8. The lowest BCUT2D eigenvalue weighted by Gasteiger charge is -2.22. The first-order chi connectivity index (χ1) is 8.93. The van der Waals surface area contributed by atoms with Gasteiger partial charge in [0.25, 0.3) is 0 Å². The van der Waals surface area contributed by atoms with Crippen molar-refractivity contribution in [1.82, 2.24) is 19.7 Å². The highest BCUT2D eigenvalue weighted by molar-refractivity contribution is 6.02. The number of nitrogens with one attached hydrogen (secondary N) is 1. The Hall–Kier alpha value is -1.84. The number of aromatic amines is 1. The van der Waals surface area contributed by atoms with Crippen LogP contribution in [-0.2, 0) is 0 Å². The molecule has 0 unspecified atom stereocenters. The Morgan fingerprint density at radius 1 is 1.17 bits per heavy atom. The van der Waals surface area contributed by atoms with Gasteiger partial charge in [-0.25, -0.2) is 4.98 Å². The van der Waals surface area contributed by atoms with Gasteiger partial charge in [-0.3, -0.25) is 4.68 Å². The topological polar surface area (TPSA) is 46.5 Å². The Balaban J connectivity index is 1.96. The Morgan fingerprint density at radius 3 is 2.94 bits per heavy atom. The SMILES string of the molecule is c1cc2c(ncc3cnn(C4CCCCC4)c32)[nH]1. The first-order valence-electron chi connectivity index (χ1n) is 6.73. The first kappa shape index (κ1) is 10.1. The number of fused-ring (bicyclic) bond motifs is 3. The van der Waals surface area contributed by atoms with Crippen molar-refractivity contribution in [3.8, 4) is 0 Å². The molecule has 1 fully saturated rings. The summed E-state index contributed by atoms with van der Waals surface area (Å²) < 4.78 is 2.23. The predicted molar refractivity (Wildman–Crippen MR) is 71.5 cm³/mol. The van der Waals surface area contributed by atoms with Crippen molar-refractivity contribution in [3.05, 3.63) is 24.7 Å². The van der Waals surface area contributed by atoms with Crippen LogP contribution in [-0.4, -0.2) is 19.7 Å². The molecule has 0 bridgehead atoms. The summed E-state index contributed by atoms with van der Waals surface area (Å²) in [4.78, 5) is 7.60. The molecule has 0 radical (unpaired) electrons. The summed E-state index contributed by atoms with van der Waals surface area (Å²) in [5.41, 5.74) is 2.20. The van der Waals surface area contributed by atoms with Crippen LogP contribution in [0.5, 0.6) is 0 Å². The molecule has 0 atom stereocenters. The quantitative estimate of drug-likeness (QED) is 0.708. The molecule has 0 aliphatic heterocycles. The molecule has 3 aromatic heterocycles. The molecule has 3 heterocycles. The lowest BCUT2D eigenvalue weighted by molar-refractivity contribution is 0.337. The molecule has 0 spiro atoms. The molecule has 18 heavy (non-hydrogen) atoms. The molecular weight excluding hydrogens is 224 g/mol. The van der Waals surface area contributed by atoms with E-state index in [4.69, 9.17) is 0 Å². The van der Waals surface area contributed by atoms with Crippen LogP contribution in [0.25, 0.3) is 21.9 Å². The van der Waals surface area contributed by atoms with Gasteiger partial charge in [-0.2, -0.15) is 5.10 Å². The third-order valence-corrected chi connectivity index (χ3v) is 4.06. The third kappa shape index (κ3) is 1.38. The molecule has 0 saturated heterocycles. The lowest BCUT2D eigenvalue weighted by atomic mass is 9.95. The lowest BCUT2D eigenvalue weighted by Crippen LogP contribution is -2.13. The summed E-state index contributed by atoms with van der Waals surface area (Å²) in [6, 6.07) is 2.67. The number of aromatic nitrogens is 4. The van der Waals surface area contributed by atoms with Crippen molar-refractivity contribution < 1.29 is 0 Å². The van der Waals surface area contributed by atoms with Crippen LogP contribution >= 0.6 is 0 Å². The smallest absolute Gasteiger partial charge is 0.139 e. The zero-order valence-corrected chi connectivity index (χ0v) is 10.3. The monoisotopic (exact) mass is 240 g/mol. The second-order valence-corrected chi connectivity index (χ2v) is 5.18. The summed E-state index contributed by atoms with van der Waals surface area (Å²) in [6.07, 6.45) is 12.4. The van der Waals surface area contributed by atoms with Crippen LogP contribution in [0.4, 0.5) is 0 Å². The van der Waals surface area contributed by atoms with Crippen LogP contribution in [0.2, 0.25) is 0 Å². The van der Waals surface area contributed by atoms with Crippen LogP contribution < -0.4 is 0 Å². The van der Waals surface area contributed by atoms with Gasteiger partial charge in [-0.05, 0) is 18.9 Å². The number of H-pyrrole nitrogens is 1. The van der Waals surface area contributed by atoms with E-state index in [9.17, 15) is 0 Å². The van der Waals surface area contributed by atoms with Gasteiger partial charge in [0.05, 0.1) is 17.8 Å². The van der Waals surface area contributed by atoms with E-state index in [1.807, 2.05) is 18.6 Å². The number of rotatable bonds is 1. The molecular formula is C14H16N4. The fourth-order valence-electron chi connectivity index (χ4n) is 3.14. The largest absolute Gasteiger partial charge is 0.346 e. The highest BCUT2D eigenvalue weighted by Crippen LogP contribution is 2.32. The fraction of sp³-hybridized carbons (Fsp3) is 0.429. The Kier molecular flexibility index (Phi) is 2.15. The van der Waals surface area contributed by atoms with Crippen molar-refractivity contribution in [3.63, 3.8) is 0 Å². The molecule has 0 amide bonds. The fourth-order valence-corrected chi connectivity index (χ4v) is 3.14. The average molecular weight is 240 g/mol. The number of hydrogen-bond acceptors (Lipinski definition) is 2. The van der Waals surface area contributed by atoms with Gasteiger partial charge in [0, 0.05) is 23.2 Å². The standard InChI is InChI=1S/C14H16N4/c1-2-4-11(5-3-1)18-13-10(9-17-18)8-16-14-12(13)6-7-15-14/h6-9,11H,1-5H2,(H,15,16). The maximum atomic E-state index is 4.61. The summed E-state index contributed by atoms with van der Waals surface area (Å²) in [6.45, 7) is 0. The van der Waals surface area contributed by atoms with Gasteiger partial charge in [-0.1, -0.05) is 19.3 Å². The molecule has 1 aliphatic carbocycles. The second kappa shape index (κ2) is 3.83. The van der Waals surface area contributed by atoms with Crippen molar-refractivity contribution >= 4 is 21.9 Å². The Bertz CT molecular complexity index is 688. The molecule has 1 N–H and O–H groups in total. The molecule has 4 rings (SSSR count). The van der Waals surface area contributed by atoms with Crippen molar-refractivity contribution in [2.24, 2.45) is 0 Å². The summed E-state index contributed by atoms with van der Waals surface area (Å²) in [5.74, 6) is 0. The zero-order chi connectivity index (χ0) is 11.9. The molecule has 4 nitrogen and oxygen atoms in total. The summed E-state index contributed by atoms with van der Waals surface area (Å²) in [5, 5.41) is 6.95. The minimum Gasteiger partial charge on any atom is -0.346 e. The van der Waals surface area contributed by atoms with Gasteiger partial charge in [-0.15, -0.1) is 0 Å². The van der Waals surface area contributed by atoms with Crippen molar-refractivity contribution in [2.75, 3.05) is 0 Å². The number of pyridine rings is 1. The maximum Gasteiger partial charge on any atom is 0.139 e. The highest BCUT2D eigenvalue weighted by atomic mass is 15.3. The van der Waals surface area contributed by atoms with Gasteiger partial charge < -0.3 is 4.98 Å². The summed E-state index contributed by atoms with van der Waals surface area (Å²) >= 11 is 0. The van der Waals surface area contributed by atoms with E-state index in [-0.39, 0.29) is 0 Å². The number of hydrogen-bond donors (Lipinski definition) is 1. The van der Waals surface area contributed by atoms with Crippen molar-refractivity contribution in [1.29, 1.82) is 0 Å². The minimum atomic E-state index is 0.566. The third-order valence-electron chi connectivity index (χ3n) is 4.06. The maximum absolute atomic E-state index is 4.61. The second-order valence-electron chi connectivity index (χ2n) is 5.18. The van der Waals surface area contributed by atoms with E-state index in [2.05, 4.69) is 25.8 Å². The minimum absolute atomic E-state index is 0.566. The van der Waals surface area contributed by atoms with E-state index in [1.165, 1.54) is 43.0 Å². The Morgan fingerprint density at radius 2 is 2.06 bits per heavy atom. The van der Waals surface area contributed by atoms with E-state index in [0.717, 1.165) is 11.0 Å². The van der Waals surface area contributed by atoms with E-state index < -0.39 is 0 Å². The van der Waals surface area contributed by atoms with Crippen LogP contribution in [0.1, 0.15) is 38.1 Å². The van der Waals surface area contributed by atoms with Gasteiger partial charge in [0.2, 0.25) is 0 Å². The molecule has 3 aromatic rings. The summed E-state index contributed by atoms with van der Waals surface area (Å²) in [7, 11) is 0. The van der Waals surface area contributed by atoms with E-state index in [0.29, 0.717) is 6.04 Å². The van der Waals surface area contributed by atoms with E-state index in [1.54, 1.807) is 0 Å². The molecule has 4 heteroatoms. The molecule has 92 valence electrons. The van der Waals surface area contributed by atoms with Crippen LogP contribution in [0.3, 0.4) is 0 Å². The molecule has 0 aromatic carbocycles. The van der Waals surface area contributed by atoms with E-state index >= 15 is 0 Å². The van der Waals surface area contributed by atoms with Crippen LogP contribution in [0.15, 0.2) is 24.7 Å². The zero-order valence-electron chi connectivity index (χ0n) is 10.3. The Labute approximate surface area is 105 Å². The van der Waals surface area contributed by atoms with Crippen molar-refractivity contribution in [2.45, 2.75) is 38.1 Å². The van der Waals surface area contributed by atoms with Gasteiger partial charge in [0.1, 0.15) is 5.65 Å².